The summed E-state index contributed by atoms with van der Waals surface area (Å²) in [5.41, 5.74) is 4.21. The van der Waals surface area contributed by atoms with Gasteiger partial charge in [0.1, 0.15) is 29.8 Å². The molecule has 4 aromatic rings. The number of carbonyl (C=O) groups excluding carboxylic acids is 1. The first-order valence-corrected chi connectivity index (χ1v) is 10.1. The molecule has 1 amide bonds. The highest BCUT2D eigenvalue weighted by Gasteiger charge is 2.08. The van der Waals surface area contributed by atoms with E-state index in [1.807, 2.05) is 60.1 Å². The summed E-state index contributed by atoms with van der Waals surface area (Å²) < 4.78 is 13.1. The van der Waals surface area contributed by atoms with E-state index >= 15 is 0 Å². The summed E-state index contributed by atoms with van der Waals surface area (Å²) in [5, 5.41) is 11.5. The number of hydrogen-bond acceptors (Lipinski definition) is 5. The summed E-state index contributed by atoms with van der Waals surface area (Å²) >= 11 is 0. The Morgan fingerprint density at radius 3 is 2.72 bits per heavy atom. The zero-order valence-electron chi connectivity index (χ0n) is 17.6. The van der Waals surface area contributed by atoms with E-state index in [1.165, 1.54) is 0 Å². The number of rotatable bonds is 8. The van der Waals surface area contributed by atoms with Crippen molar-refractivity contribution >= 4 is 11.6 Å². The second kappa shape index (κ2) is 9.67. The summed E-state index contributed by atoms with van der Waals surface area (Å²) in [5.74, 6) is 0.982. The lowest BCUT2D eigenvalue weighted by Crippen LogP contribution is -2.22. The summed E-state index contributed by atoms with van der Waals surface area (Å²) in [7, 11) is 0. The van der Waals surface area contributed by atoms with Gasteiger partial charge in [0.15, 0.2) is 6.61 Å². The van der Waals surface area contributed by atoms with Crippen LogP contribution in [-0.4, -0.2) is 21.9 Å². The van der Waals surface area contributed by atoms with E-state index in [2.05, 4.69) is 10.3 Å². The smallest absolute Gasteiger partial charge is 0.251 e. The average molecular weight is 426 g/mol. The van der Waals surface area contributed by atoms with Crippen molar-refractivity contribution < 1.29 is 14.3 Å². The van der Waals surface area contributed by atoms with Gasteiger partial charge in [-0.25, -0.2) is 4.98 Å². The predicted molar refractivity (Wildman–Crippen MR) is 119 cm³/mol. The highest BCUT2D eigenvalue weighted by Crippen LogP contribution is 2.17. The minimum Gasteiger partial charge on any atom is -0.487 e. The molecule has 2 heterocycles. The molecule has 0 aliphatic carbocycles. The Bertz CT molecular complexity index is 1290. The highest BCUT2D eigenvalue weighted by atomic mass is 16.5. The van der Waals surface area contributed by atoms with Crippen molar-refractivity contribution in [1.82, 2.24) is 14.7 Å². The van der Waals surface area contributed by atoms with E-state index in [-0.39, 0.29) is 12.5 Å². The number of amides is 1. The van der Waals surface area contributed by atoms with Crippen molar-refractivity contribution in [2.75, 3.05) is 6.61 Å². The average Bonchev–Trinajstić information content (AvgIpc) is 3.22. The number of nitrogens with zero attached hydrogens (tertiary/aromatic N) is 3. The maximum atomic E-state index is 12.6. The molecule has 0 unspecified atom stereocenters. The summed E-state index contributed by atoms with van der Waals surface area (Å²) in [4.78, 5) is 17.1. The first kappa shape index (κ1) is 20.9. The van der Waals surface area contributed by atoms with E-state index in [9.17, 15) is 4.79 Å². The molecule has 2 aromatic heterocycles. The zero-order chi connectivity index (χ0) is 22.3. The van der Waals surface area contributed by atoms with Crippen LogP contribution in [-0.2, 0) is 13.2 Å². The van der Waals surface area contributed by atoms with Gasteiger partial charge in [-0.3, -0.25) is 4.79 Å². The third kappa shape index (κ3) is 5.24. The lowest BCUT2D eigenvalue weighted by molar-refractivity contribution is 0.0950. The molecule has 0 aliphatic rings. The molecular formula is C25H22N4O3. The second-order valence-corrected chi connectivity index (χ2v) is 7.30. The fraction of sp³-hybridized carbons (Fsp3) is 0.160. The number of aromatic nitrogens is 2. The van der Waals surface area contributed by atoms with Crippen molar-refractivity contribution in [2.24, 2.45) is 0 Å². The van der Waals surface area contributed by atoms with Crippen LogP contribution in [0.3, 0.4) is 0 Å². The third-order valence-electron chi connectivity index (χ3n) is 4.79. The van der Waals surface area contributed by atoms with Crippen LogP contribution in [0.4, 0.5) is 0 Å². The number of nitrogens with one attached hydrogen (secondary N) is 1. The van der Waals surface area contributed by atoms with Crippen LogP contribution in [0.25, 0.3) is 5.65 Å². The van der Waals surface area contributed by atoms with Gasteiger partial charge in [-0.2, -0.15) is 5.26 Å². The fourth-order valence-corrected chi connectivity index (χ4v) is 3.25. The Morgan fingerprint density at radius 1 is 1.06 bits per heavy atom. The Labute approximate surface area is 185 Å². The van der Waals surface area contributed by atoms with Crippen LogP contribution in [0.1, 0.15) is 27.2 Å². The second-order valence-electron chi connectivity index (χ2n) is 7.30. The molecule has 32 heavy (non-hydrogen) atoms. The number of pyridine rings is 1. The molecule has 0 saturated heterocycles. The minimum atomic E-state index is -0.206. The SMILES string of the molecule is Cc1ccc2nc(COc3cccc(C(=O)NCc4cccc(OCC#N)c4)c3)cn2c1. The molecule has 0 atom stereocenters. The molecule has 2 aromatic carbocycles. The van der Waals surface area contributed by atoms with Gasteiger partial charge in [0.25, 0.3) is 5.91 Å². The van der Waals surface area contributed by atoms with Crippen LogP contribution >= 0.6 is 0 Å². The number of benzene rings is 2. The van der Waals surface area contributed by atoms with Crippen molar-refractivity contribution in [2.45, 2.75) is 20.1 Å². The van der Waals surface area contributed by atoms with Crippen LogP contribution in [0.15, 0.2) is 73.1 Å². The van der Waals surface area contributed by atoms with Crippen LogP contribution < -0.4 is 14.8 Å². The Kier molecular flexibility index (Phi) is 6.33. The highest BCUT2D eigenvalue weighted by molar-refractivity contribution is 5.94. The van der Waals surface area contributed by atoms with Crippen molar-refractivity contribution in [3.05, 3.63) is 95.4 Å². The number of carbonyl (C=O) groups is 1. The standard InChI is InChI=1S/C25H22N4O3/c1-18-8-9-24-28-21(16-29(24)15-18)17-32-23-7-3-5-20(13-23)25(30)27-14-19-4-2-6-22(12-19)31-11-10-26/h2-9,12-13,15-16H,11,14,17H2,1H3,(H,27,30). The van der Waals surface area contributed by atoms with Gasteiger partial charge >= 0.3 is 0 Å². The Morgan fingerprint density at radius 2 is 1.88 bits per heavy atom. The number of fused-ring (bicyclic) bond motifs is 1. The van der Waals surface area contributed by atoms with E-state index in [1.54, 1.807) is 30.3 Å². The van der Waals surface area contributed by atoms with Gasteiger partial charge in [0.05, 0.1) is 5.69 Å². The largest absolute Gasteiger partial charge is 0.487 e. The molecule has 0 bridgehead atoms. The van der Waals surface area contributed by atoms with Gasteiger partial charge in [0.2, 0.25) is 0 Å². The molecule has 0 aliphatic heterocycles. The van der Waals surface area contributed by atoms with E-state index in [0.717, 1.165) is 22.5 Å². The molecule has 0 fully saturated rings. The van der Waals surface area contributed by atoms with Gasteiger partial charge in [-0.05, 0) is 54.4 Å². The van der Waals surface area contributed by atoms with Gasteiger partial charge < -0.3 is 19.2 Å². The van der Waals surface area contributed by atoms with Crippen LogP contribution in [0, 0.1) is 18.3 Å². The van der Waals surface area contributed by atoms with Gasteiger partial charge in [-0.1, -0.05) is 24.3 Å². The first-order chi connectivity index (χ1) is 15.6. The molecule has 160 valence electrons. The summed E-state index contributed by atoms with van der Waals surface area (Å²) in [6, 6.07) is 20.2. The molecule has 4 rings (SSSR count). The molecule has 0 radical (unpaired) electrons. The fourth-order valence-electron chi connectivity index (χ4n) is 3.25. The lowest BCUT2D eigenvalue weighted by Gasteiger charge is -2.09. The number of hydrogen-bond donors (Lipinski definition) is 1. The predicted octanol–water partition coefficient (Wildman–Crippen LogP) is 4.05. The van der Waals surface area contributed by atoms with Crippen LogP contribution in [0.5, 0.6) is 11.5 Å². The van der Waals surface area contributed by atoms with E-state index in [0.29, 0.717) is 30.2 Å². The maximum absolute atomic E-state index is 12.6. The molecule has 1 N–H and O–H groups in total. The number of ether oxygens (including phenoxy) is 2. The number of imidazole rings is 1. The first-order valence-electron chi connectivity index (χ1n) is 10.1. The number of nitriles is 1. The molecule has 7 heteroatoms. The molecule has 7 nitrogen and oxygen atoms in total. The molecular weight excluding hydrogens is 404 g/mol. The topological polar surface area (TPSA) is 88.7 Å². The zero-order valence-corrected chi connectivity index (χ0v) is 17.6. The normalized spacial score (nSPS) is 10.5. The van der Waals surface area contributed by atoms with Crippen molar-refractivity contribution in [3.8, 4) is 17.6 Å². The van der Waals surface area contributed by atoms with E-state index in [4.69, 9.17) is 14.7 Å². The number of aryl methyl sites for hydroxylation is 1. The quantitative estimate of drug-likeness (QED) is 0.459. The lowest BCUT2D eigenvalue weighted by atomic mass is 10.1. The molecule has 0 saturated carbocycles. The monoisotopic (exact) mass is 426 g/mol. The maximum Gasteiger partial charge on any atom is 0.251 e. The summed E-state index contributed by atoms with van der Waals surface area (Å²) in [6.45, 7) is 2.66. The van der Waals surface area contributed by atoms with Crippen molar-refractivity contribution in [3.63, 3.8) is 0 Å². The van der Waals surface area contributed by atoms with Crippen molar-refractivity contribution in [1.29, 1.82) is 5.26 Å². The van der Waals surface area contributed by atoms with Gasteiger partial charge in [0, 0.05) is 24.5 Å². The third-order valence-corrected chi connectivity index (χ3v) is 4.79. The Balaban J connectivity index is 1.35. The Hall–Kier alpha value is -4.31. The molecule has 0 spiro atoms. The van der Waals surface area contributed by atoms with Gasteiger partial charge in [-0.15, -0.1) is 0 Å². The van der Waals surface area contributed by atoms with E-state index < -0.39 is 0 Å². The summed E-state index contributed by atoms with van der Waals surface area (Å²) in [6.07, 6.45) is 3.95. The minimum absolute atomic E-state index is 0.0167. The van der Waals surface area contributed by atoms with Crippen LogP contribution in [0.2, 0.25) is 0 Å².